The van der Waals surface area contributed by atoms with Gasteiger partial charge in [-0.05, 0) is 29.5 Å². The van der Waals surface area contributed by atoms with Gasteiger partial charge in [-0.2, -0.15) is 8.78 Å². The molecule has 10 nitrogen and oxygen atoms in total. The maximum atomic E-state index is 14.8. The van der Waals surface area contributed by atoms with Crippen molar-refractivity contribution in [2.75, 3.05) is 26.2 Å². The van der Waals surface area contributed by atoms with Crippen LogP contribution in [0.1, 0.15) is 27.3 Å². The monoisotopic (exact) mass is 497 g/mol. The van der Waals surface area contributed by atoms with E-state index in [2.05, 4.69) is 20.4 Å². The number of nitrogens with one attached hydrogen (secondary N) is 1. The summed E-state index contributed by atoms with van der Waals surface area (Å²) in [7, 11) is 0. The summed E-state index contributed by atoms with van der Waals surface area (Å²) < 4.78 is 40.4. The molecule has 4 aromatic rings. The number of nitrogens with zero attached hydrogens (tertiary/aromatic N) is 6. The van der Waals surface area contributed by atoms with Gasteiger partial charge in [0.15, 0.2) is 0 Å². The fourth-order valence-electron chi connectivity index (χ4n) is 4.12. The number of hydrogen-bond donors (Lipinski definition) is 1. The minimum atomic E-state index is -3.01. The van der Waals surface area contributed by atoms with Crippen LogP contribution in [0.4, 0.5) is 13.2 Å². The van der Waals surface area contributed by atoms with E-state index in [1.165, 1.54) is 17.2 Å². The second-order valence-corrected chi connectivity index (χ2v) is 8.04. The first kappa shape index (κ1) is 23.2. The Morgan fingerprint density at radius 2 is 1.64 bits per heavy atom. The molecule has 0 bridgehead atoms. The van der Waals surface area contributed by atoms with Gasteiger partial charge in [-0.1, -0.05) is 23.0 Å². The first-order valence-electron chi connectivity index (χ1n) is 10.9. The van der Waals surface area contributed by atoms with E-state index in [1.54, 1.807) is 35.2 Å². The largest absolute Gasteiger partial charge is 0.360 e. The Morgan fingerprint density at radius 3 is 2.31 bits per heavy atom. The van der Waals surface area contributed by atoms with Crippen molar-refractivity contribution in [3.63, 3.8) is 0 Å². The van der Waals surface area contributed by atoms with Gasteiger partial charge in [0.2, 0.25) is 5.82 Å². The molecular weight excluding hydrogens is 479 g/mol. The quantitative estimate of drug-likeness (QED) is 0.335. The van der Waals surface area contributed by atoms with Crippen LogP contribution < -0.4 is 0 Å². The summed E-state index contributed by atoms with van der Waals surface area (Å²) in [5.41, 5.74) is 0.524. The number of amides is 2. The van der Waals surface area contributed by atoms with Gasteiger partial charge in [0, 0.05) is 48.9 Å². The minimum absolute atomic E-state index is 0.0678. The average Bonchev–Trinajstić information content (AvgIpc) is 3.57. The normalized spacial score (nSPS) is 14.0. The predicted octanol–water partition coefficient (Wildman–Crippen LogP) is 2.52. The van der Waals surface area contributed by atoms with Gasteiger partial charge in [-0.25, -0.2) is 4.39 Å². The van der Waals surface area contributed by atoms with Gasteiger partial charge < -0.3 is 14.8 Å². The molecule has 1 aliphatic rings. The smallest absolute Gasteiger partial charge is 0.350 e. The lowest BCUT2D eigenvalue weighted by Crippen LogP contribution is -2.52. The Kier molecular flexibility index (Phi) is 5.96. The van der Waals surface area contributed by atoms with Crippen molar-refractivity contribution < 1.29 is 27.6 Å². The highest BCUT2D eigenvalue weighted by molar-refractivity contribution is 6.45. The van der Waals surface area contributed by atoms with Crippen molar-refractivity contribution in [1.29, 1.82) is 0 Å². The Labute approximate surface area is 201 Å². The Bertz CT molecular complexity index is 1460. The summed E-state index contributed by atoms with van der Waals surface area (Å²) in [6.07, 6.45) is 1.18. The lowest BCUT2D eigenvalue weighted by Gasteiger charge is -2.34. The van der Waals surface area contributed by atoms with E-state index < -0.39 is 24.1 Å². The maximum absolute atomic E-state index is 14.8. The van der Waals surface area contributed by atoms with Crippen LogP contribution in [0.25, 0.3) is 22.3 Å². The van der Waals surface area contributed by atoms with Crippen molar-refractivity contribution in [3.8, 4) is 11.4 Å². The average molecular weight is 497 g/mol. The third-order valence-corrected chi connectivity index (χ3v) is 5.94. The van der Waals surface area contributed by atoms with Gasteiger partial charge in [0.25, 0.3) is 17.6 Å². The zero-order chi connectivity index (χ0) is 25.4. The number of ketones is 1. The summed E-state index contributed by atoms with van der Waals surface area (Å²) in [5.74, 6) is -2.94. The first-order valence-corrected chi connectivity index (χ1v) is 10.9. The van der Waals surface area contributed by atoms with Crippen LogP contribution in [0.2, 0.25) is 0 Å². The highest BCUT2D eigenvalue weighted by Crippen LogP contribution is 2.30. The van der Waals surface area contributed by atoms with E-state index in [4.69, 9.17) is 0 Å². The Hall–Kier alpha value is -4.55. The lowest BCUT2D eigenvalue weighted by atomic mass is 10.0. The number of tetrazole rings is 1. The first-order chi connectivity index (χ1) is 17.3. The number of halogens is 3. The molecule has 0 atom stereocenters. The van der Waals surface area contributed by atoms with E-state index in [0.29, 0.717) is 5.56 Å². The second kappa shape index (κ2) is 9.24. The lowest BCUT2D eigenvalue weighted by molar-refractivity contribution is -0.127. The molecule has 0 spiro atoms. The zero-order valence-electron chi connectivity index (χ0n) is 18.6. The highest BCUT2D eigenvalue weighted by Gasteiger charge is 2.31. The molecule has 2 aromatic heterocycles. The van der Waals surface area contributed by atoms with Crippen LogP contribution >= 0.6 is 0 Å². The van der Waals surface area contributed by atoms with E-state index in [0.717, 1.165) is 6.07 Å². The van der Waals surface area contributed by atoms with Crippen molar-refractivity contribution in [3.05, 3.63) is 65.6 Å². The Morgan fingerprint density at radius 1 is 0.944 bits per heavy atom. The number of alkyl halides is 2. The van der Waals surface area contributed by atoms with Gasteiger partial charge in [-0.3, -0.25) is 14.4 Å². The molecule has 0 saturated carbocycles. The third kappa shape index (κ3) is 4.08. The van der Waals surface area contributed by atoms with Gasteiger partial charge >= 0.3 is 6.55 Å². The van der Waals surface area contributed by atoms with Crippen molar-refractivity contribution in [2.45, 2.75) is 6.55 Å². The van der Waals surface area contributed by atoms with Crippen LogP contribution in [-0.2, 0) is 4.79 Å². The molecular formula is C23H18F3N7O3. The topological polar surface area (TPSA) is 117 Å². The summed E-state index contributed by atoms with van der Waals surface area (Å²) in [4.78, 5) is 44.3. The molecule has 1 N–H and O–H groups in total. The van der Waals surface area contributed by atoms with Crippen LogP contribution in [0.5, 0.6) is 0 Å². The van der Waals surface area contributed by atoms with E-state index in [1.807, 2.05) is 0 Å². The molecule has 2 amide bonds. The van der Waals surface area contributed by atoms with E-state index >= 15 is 0 Å². The summed E-state index contributed by atoms with van der Waals surface area (Å²) in [5, 5.41) is 10.2. The number of H-pyrrole nitrogens is 1. The number of aromatic nitrogens is 5. The van der Waals surface area contributed by atoms with Crippen LogP contribution in [0.15, 0.2) is 48.7 Å². The van der Waals surface area contributed by atoms with Crippen molar-refractivity contribution >= 4 is 28.5 Å². The zero-order valence-corrected chi connectivity index (χ0v) is 18.6. The molecule has 0 unspecified atom stereocenters. The van der Waals surface area contributed by atoms with E-state index in [9.17, 15) is 27.6 Å². The predicted molar refractivity (Wildman–Crippen MR) is 120 cm³/mol. The van der Waals surface area contributed by atoms with Crippen LogP contribution in [0, 0.1) is 5.82 Å². The molecule has 3 heterocycles. The van der Waals surface area contributed by atoms with Crippen molar-refractivity contribution in [2.24, 2.45) is 0 Å². The molecule has 0 aliphatic carbocycles. The molecule has 0 radical (unpaired) electrons. The summed E-state index contributed by atoms with van der Waals surface area (Å²) >= 11 is 0. The number of carbonyl (C=O) groups is 3. The molecule has 36 heavy (non-hydrogen) atoms. The third-order valence-electron chi connectivity index (χ3n) is 5.94. The fourth-order valence-corrected chi connectivity index (χ4v) is 4.12. The molecule has 1 saturated heterocycles. The second-order valence-electron chi connectivity index (χ2n) is 8.04. The maximum Gasteiger partial charge on any atom is 0.350 e. The summed E-state index contributed by atoms with van der Waals surface area (Å²) in [6.45, 7) is -2.25. The molecule has 184 valence electrons. The standard InChI is InChI=1S/C23H18F3N7O3/c24-16-7-6-14(20-28-30-33(29-20)23(25)26)18-17(16)15(12-27-18)19(34)22(36)32-10-8-31(9-11-32)21(35)13-4-2-1-3-5-13/h1-7,12,23,27H,8-11H2. The van der Waals surface area contributed by atoms with Gasteiger partial charge in [-0.15, -0.1) is 10.2 Å². The number of Topliss-reactive ketones (excluding diaryl/α,β-unsaturated/α-hetero) is 1. The molecule has 1 aliphatic heterocycles. The number of piperazine rings is 1. The highest BCUT2D eigenvalue weighted by atomic mass is 19.3. The molecule has 1 fully saturated rings. The summed E-state index contributed by atoms with van der Waals surface area (Å²) in [6, 6.07) is 11.0. The van der Waals surface area contributed by atoms with Crippen LogP contribution in [0.3, 0.4) is 0 Å². The molecule has 5 rings (SSSR count). The molecule has 13 heteroatoms. The number of rotatable bonds is 5. The van der Waals surface area contributed by atoms with E-state index in [-0.39, 0.29) is 64.7 Å². The number of carbonyl (C=O) groups excluding carboxylic acids is 3. The van der Waals surface area contributed by atoms with Gasteiger partial charge in [0.1, 0.15) is 5.82 Å². The number of benzene rings is 2. The SMILES string of the molecule is O=C(C(=O)N1CCN(C(=O)c2ccccc2)CC1)c1c[nH]c2c(-c3nnn(C(F)F)n3)ccc(F)c12. The Balaban J connectivity index is 1.35. The fraction of sp³-hybridized carbons (Fsp3) is 0.217. The minimum Gasteiger partial charge on any atom is -0.360 e. The number of hydrogen-bond acceptors (Lipinski definition) is 6. The number of fused-ring (bicyclic) bond motifs is 1. The number of aromatic amines is 1. The van der Waals surface area contributed by atoms with Crippen molar-refractivity contribution in [1.82, 2.24) is 35.0 Å². The van der Waals surface area contributed by atoms with Crippen LogP contribution in [-0.4, -0.2) is 78.8 Å². The van der Waals surface area contributed by atoms with Gasteiger partial charge in [0.05, 0.1) is 11.1 Å². The molecule has 2 aromatic carbocycles.